The standard InChI is InChI=1S/C14H13Cl2N3OS/c15-11-4-3-10(9-12(11)16)19-7-8-21-14(19)17-13(20)18-5-1-2-6-18/h3-4,7-9H,1-2,5-6H2/b17-14-. The van der Waals surface area contributed by atoms with Gasteiger partial charge in [-0.2, -0.15) is 4.99 Å². The zero-order valence-corrected chi connectivity index (χ0v) is 13.5. The van der Waals surface area contributed by atoms with Crippen LogP contribution in [0.2, 0.25) is 10.0 Å². The Balaban J connectivity index is 1.96. The molecule has 1 aromatic carbocycles. The molecule has 0 saturated carbocycles. The molecule has 0 N–H and O–H groups in total. The minimum absolute atomic E-state index is 0.177. The Hall–Kier alpha value is -1.30. The Morgan fingerprint density at radius 2 is 1.95 bits per heavy atom. The molecule has 7 heteroatoms. The molecule has 0 atom stereocenters. The number of benzene rings is 1. The normalized spacial score (nSPS) is 15.7. The number of halogens is 2. The first-order valence-corrected chi connectivity index (χ1v) is 8.24. The third-order valence-corrected chi connectivity index (χ3v) is 4.83. The first-order chi connectivity index (χ1) is 10.1. The van der Waals surface area contributed by atoms with E-state index in [4.69, 9.17) is 23.2 Å². The second-order valence-electron chi connectivity index (χ2n) is 4.74. The molecule has 1 aliphatic rings. The third-order valence-electron chi connectivity index (χ3n) is 3.34. The quantitative estimate of drug-likeness (QED) is 0.773. The predicted octanol–water partition coefficient (Wildman–Crippen LogP) is 3.96. The van der Waals surface area contributed by atoms with Crippen LogP contribution >= 0.6 is 34.5 Å². The summed E-state index contributed by atoms with van der Waals surface area (Å²) >= 11 is 13.4. The van der Waals surface area contributed by atoms with Crippen LogP contribution in [0.4, 0.5) is 4.79 Å². The highest BCUT2D eigenvalue weighted by atomic mass is 35.5. The van der Waals surface area contributed by atoms with E-state index < -0.39 is 0 Å². The molecule has 0 radical (unpaired) electrons. The molecule has 1 aliphatic heterocycles. The summed E-state index contributed by atoms with van der Waals surface area (Å²) in [6, 6.07) is 5.16. The number of thiazole rings is 1. The molecule has 0 aliphatic carbocycles. The van der Waals surface area contributed by atoms with E-state index >= 15 is 0 Å². The minimum Gasteiger partial charge on any atom is -0.323 e. The van der Waals surface area contributed by atoms with Crippen LogP contribution in [0.3, 0.4) is 0 Å². The van der Waals surface area contributed by atoms with Crippen molar-refractivity contribution in [3.63, 3.8) is 0 Å². The summed E-state index contributed by atoms with van der Waals surface area (Å²) in [5, 5.41) is 2.87. The summed E-state index contributed by atoms with van der Waals surface area (Å²) in [5.41, 5.74) is 0.832. The molecule has 3 rings (SSSR count). The van der Waals surface area contributed by atoms with Gasteiger partial charge in [0.05, 0.1) is 10.0 Å². The summed E-state index contributed by atoms with van der Waals surface area (Å²) < 4.78 is 1.83. The Kier molecular flexibility index (Phi) is 4.33. The van der Waals surface area contributed by atoms with Crippen LogP contribution in [0.15, 0.2) is 34.8 Å². The molecule has 21 heavy (non-hydrogen) atoms. The first kappa shape index (κ1) is 14.6. The number of carbonyl (C=O) groups is 1. The predicted molar refractivity (Wildman–Crippen MR) is 85.4 cm³/mol. The molecule has 110 valence electrons. The SMILES string of the molecule is O=C(/N=c1\sccn1-c1ccc(Cl)c(Cl)c1)N1CCCC1. The number of likely N-dealkylation sites (tertiary alicyclic amines) is 1. The van der Waals surface area contributed by atoms with Gasteiger partial charge in [0.25, 0.3) is 0 Å². The van der Waals surface area contributed by atoms with E-state index in [0.717, 1.165) is 31.6 Å². The van der Waals surface area contributed by atoms with Crippen LogP contribution < -0.4 is 4.80 Å². The number of urea groups is 1. The number of hydrogen-bond acceptors (Lipinski definition) is 2. The van der Waals surface area contributed by atoms with Gasteiger partial charge in [-0.3, -0.25) is 4.57 Å². The molecule has 0 spiro atoms. The van der Waals surface area contributed by atoms with E-state index in [1.807, 2.05) is 22.2 Å². The van der Waals surface area contributed by atoms with E-state index in [2.05, 4.69) is 4.99 Å². The van der Waals surface area contributed by atoms with E-state index in [1.54, 1.807) is 17.0 Å². The lowest BCUT2D eigenvalue weighted by molar-refractivity contribution is 0.218. The largest absolute Gasteiger partial charge is 0.346 e. The lowest BCUT2D eigenvalue weighted by Gasteiger charge is -2.10. The maximum Gasteiger partial charge on any atom is 0.346 e. The van der Waals surface area contributed by atoms with Gasteiger partial charge in [-0.05, 0) is 31.0 Å². The second kappa shape index (κ2) is 6.22. The number of amides is 2. The number of aromatic nitrogens is 1. The van der Waals surface area contributed by atoms with Gasteiger partial charge in [0.2, 0.25) is 0 Å². The fraction of sp³-hybridized carbons (Fsp3) is 0.286. The van der Waals surface area contributed by atoms with Gasteiger partial charge in [0.15, 0.2) is 4.80 Å². The van der Waals surface area contributed by atoms with Gasteiger partial charge in [0.1, 0.15) is 0 Å². The average molecular weight is 342 g/mol. The Morgan fingerprint density at radius 3 is 2.67 bits per heavy atom. The lowest BCUT2D eigenvalue weighted by Crippen LogP contribution is -2.27. The highest BCUT2D eigenvalue weighted by Crippen LogP contribution is 2.24. The Bertz CT molecular complexity index is 732. The average Bonchev–Trinajstić information content (AvgIpc) is 3.13. The van der Waals surface area contributed by atoms with Gasteiger partial charge < -0.3 is 4.90 Å². The minimum atomic E-state index is -0.177. The summed E-state index contributed by atoms with van der Waals surface area (Å²) in [6.07, 6.45) is 3.97. The molecule has 0 unspecified atom stereocenters. The van der Waals surface area contributed by atoms with Crippen LogP contribution in [-0.2, 0) is 0 Å². The molecular formula is C14H13Cl2N3OS. The highest BCUT2D eigenvalue weighted by molar-refractivity contribution is 7.07. The van der Waals surface area contributed by atoms with Crippen LogP contribution in [0, 0.1) is 0 Å². The van der Waals surface area contributed by atoms with Crippen molar-refractivity contribution < 1.29 is 4.79 Å². The van der Waals surface area contributed by atoms with Crippen LogP contribution in [-0.4, -0.2) is 28.6 Å². The van der Waals surface area contributed by atoms with Crippen molar-refractivity contribution in [3.8, 4) is 5.69 Å². The molecule has 0 bridgehead atoms. The van der Waals surface area contributed by atoms with Crippen molar-refractivity contribution in [1.29, 1.82) is 0 Å². The molecule has 2 aromatic rings. The third kappa shape index (κ3) is 3.15. The van der Waals surface area contributed by atoms with Gasteiger partial charge in [-0.1, -0.05) is 23.2 Å². The topological polar surface area (TPSA) is 37.6 Å². The second-order valence-corrected chi connectivity index (χ2v) is 6.43. The fourth-order valence-corrected chi connectivity index (χ4v) is 3.25. The number of rotatable bonds is 1. The number of nitrogens with zero attached hydrogens (tertiary/aromatic N) is 3. The van der Waals surface area contributed by atoms with Crippen molar-refractivity contribution in [2.75, 3.05) is 13.1 Å². The van der Waals surface area contributed by atoms with Crippen molar-refractivity contribution in [3.05, 3.63) is 44.6 Å². The summed E-state index contributed by atoms with van der Waals surface area (Å²) in [6.45, 7) is 1.58. The lowest BCUT2D eigenvalue weighted by atomic mass is 10.3. The molecule has 2 amide bonds. The van der Waals surface area contributed by atoms with Crippen LogP contribution in [0.1, 0.15) is 12.8 Å². The molecular weight excluding hydrogens is 329 g/mol. The highest BCUT2D eigenvalue weighted by Gasteiger charge is 2.17. The Labute approximate surface area is 136 Å². The van der Waals surface area contributed by atoms with E-state index in [1.165, 1.54) is 11.3 Å². The van der Waals surface area contributed by atoms with Crippen molar-refractivity contribution >= 4 is 40.6 Å². The van der Waals surface area contributed by atoms with Gasteiger partial charge in [-0.15, -0.1) is 11.3 Å². The summed E-state index contributed by atoms with van der Waals surface area (Å²) in [4.78, 5) is 18.8. The maximum atomic E-state index is 12.1. The van der Waals surface area contributed by atoms with E-state index in [-0.39, 0.29) is 6.03 Å². The van der Waals surface area contributed by atoms with E-state index in [9.17, 15) is 4.79 Å². The molecule has 1 aromatic heterocycles. The van der Waals surface area contributed by atoms with Crippen molar-refractivity contribution in [1.82, 2.24) is 9.47 Å². The zero-order valence-electron chi connectivity index (χ0n) is 11.1. The molecule has 4 nitrogen and oxygen atoms in total. The van der Waals surface area contributed by atoms with Crippen LogP contribution in [0.25, 0.3) is 5.69 Å². The van der Waals surface area contributed by atoms with E-state index in [0.29, 0.717) is 14.8 Å². The first-order valence-electron chi connectivity index (χ1n) is 6.60. The molecule has 2 heterocycles. The van der Waals surface area contributed by atoms with Crippen LogP contribution in [0.5, 0.6) is 0 Å². The van der Waals surface area contributed by atoms with Gasteiger partial charge >= 0.3 is 6.03 Å². The smallest absolute Gasteiger partial charge is 0.323 e. The van der Waals surface area contributed by atoms with Gasteiger partial charge in [0, 0.05) is 30.4 Å². The molecule has 1 fully saturated rings. The maximum absolute atomic E-state index is 12.1. The van der Waals surface area contributed by atoms with Crippen molar-refractivity contribution in [2.45, 2.75) is 12.8 Å². The number of hydrogen-bond donors (Lipinski definition) is 0. The van der Waals surface area contributed by atoms with Crippen molar-refractivity contribution in [2.24, 2.45) is 4.99 Å². The fourth-order valence-electron chi connectivity index (χ4n) is 2.25. The molecule has 1 saturated heterocycles. The monoisotopic (exact) mass is 341 g/mol. The summed E-state index contributed by atoms with van der Waals surface area (Å²) in [5.74, 6) is 0. The zero-order chi connectivity index (χ0) is 14.8. The summed E-state index contributed by atoms with van der Waals surface area (Å²) in [7, 11) is 0. The number of carbonyl (C=O) groups excluding carboxylic acids is 1. The van der Waals surface area contributed by atoms with Gasteiger partial charge in [-0.25, -0.2) is 4.79 Å². The Morgan fingerprint density at radius 1 is 1.19 bits per heavy atom.